The molecule has 0 bridgehead atoms. The number of ether oxygens (including phenoxy) is 1. The molecule has 4 nitrogen and oxygen atoms in total. The van der Waals surface area contributed by atoms with Gasteiger partial charge in [0.2, 0.25) is 5.91 Å². The first-order chi connectivity index (χ1) is 8.15. The molecule has 4 atom stereocenters. The van der Waals surface area contributed by atoms with Crippen LogP contribution in [0.2, 0.25) is 0 Å². The lowest BCUT2D eigenvalue weighted by atomic mass is 9.95. The molecule has 0 aromatic carbocycles. The summed E-state index contributed by atoms with van der Waals surface area (Å²) in [6.07, 6.45) is 3.35. The topological polar surface area (TPSA) is 41.6 Å². The molecule has 4 unspecified atom stereocenters. The van der Waals surface area contributed by atoms with Crippen LogP contribution < -0.4 is 5.32 Å². The average Bonchev–Trinajstić information content (AvgIpc) is 2.57. The van der Waals surface area contributed by atoms with E-state index in [0.717, 1.165) is 32.5 Å². The summed E-state index contributed by atoms with van der Waals surface area (Å²) >= 11 is 0. The molecular formula is C13H24N2O2. The Hall–Kier alpha value is -0.610. The lowest BCUT2D eigenvalue weighted by molar-refractivity contribution is -0.136. The third-order valence-corrected chi connectivity index (χ3v) is 3.92. The number of carbonyl (C=O) groups is 1. The summed E-state index contributed by atoms with van der Waals surface area (Å²) in [5.74, 6) is 0.710. The maximum Gasteiger partial charge on any atom is 0.240 e. The molecule has 1 amide bonds. The van der Waals surface area contributed by atoms with Crippen LogP contribution in [0.5, 0.6) is 0 Å². The third kappa shape index (κ3) is 2.47. The minimum atomic E-state index is -0.0263. The zero-order valence-electron chi connectivity index (χ0n) is 11.1. The Bertz CT molecular complexity index is 283. The molecule has 2 heterocycles. The Labute approximate surface area is 104 Å². The number of hydrogen-bond acceptors (Lipinski definition) is 3. The third-order valence-electron chi connectivity index (χ3n) is 3.92. The van der Waals surface area contributed by atoms with Gasteiger partial charge in [-0.1, -0.05) is 20.3 Å². The largest absolute Gasteiger partial charge is 0.381 e. The van der Waals surface area contributed by atoms with E-state index < -0.39 is 0 Å². The highest BCUT2D eigenvalue weighted by Gasteiger charge is 2.42. The molecule has 0 saturated carbocycles. The van der Waals surface area contributed by atoms with Crippen molar-refractivity contribution in [3.05, 3.63) is 0 Å². The van der Waals surface area contributed by atoms with Gasteiger partial charge in [0.15, 0.2) is 0 Å². The zero-order valence-corrected chi connectivity index (χ0v) is 11.1. The second kappa shape index (κ2) is 5.36. The van der Waals surface area contributed by atoms with Crippen molar-refractivity contribution in [2.24, 2.45) is 5.92 Å². The first kappa shape index (κ1) is 12.8. The highest BCUT2D eigenvalue weighted by atomic mass is 16.5. The van der Waals surface area contributed by atoms with Gasteiger partial charge in [0.1, 0.15) is 0 Å². The van der Waals surface area contributed by atoms with Gasteiger partial charge in [-0.25, -0.2) is 0 Å². The van der Waals surface area contributed by atoms with Crippen molar-refractivity contribution in [1.29, 1.82) is 0 Å². The molecule has 2 aliphatic heterocycles. The number of carbonyl (C=O) groups excluding carboxylic acids is 1. The van der Waals surface area contributed by atoms with E-state index in [-0.39, 0.29) is 18.1 Å². The fraction of sp³-hybridized carbons (Fsp3) is 0.923. The minimum Gasteiger partial charge on any atom is -0.381 e. The number of nitrogens with zero attached hydrogens (tertiary/aromatic N) is 1. The molecule has 0 aromatic rings. The minimum absolute atomic E-state index is 0.0263. The van der Waals surface area contributed by atoms with Crippen molar-refractivity contribution >= 4 is 5.91 Å². The lowest BCUT2D eigenvalue weighted by Crippen LogP contribution is -2.50. The van der Waals surface area contributed by atoms with E-state index >= 15 is 0 Å². The molecule has 0 aliphatic carbocycles. The van der Waals surface area contributed by atoms with Gasteiger partial charge in [-0.15, -0.1) is 0 Å². The van der Waals surface area contributed by atoms with Crippen LogP contribution >= 0.6 is 0 Å². The number of amides is 1. The maximum absolute atomic E-state index is 12.3. The standard InChI is InChI=1S/C13H24N2O2/c1-4-5-12-14-10(3)13(16)15(12)11-6-7-17-8-9(11)2/h9-12,14H,4-8H2,1-3H3. The summed E-state index contributed by atoms with van der Waals surface area (Å²) in [4.78, 5) is 14.4. The van der Waals surface area contributed by atoms with E-state index in [1.165, 1.54) is 0 Å². The van der Waals surface area contributed by atoms with Crippen LogP contribution in [0.25, 0.3) is 0 Å². The summed E-state index contributed by atoms with van der Waals surface area (Å²) in [6, 6.07) is 0.326. The predicted molar refractivity (Wildman–Crippen MR) is 66.5 cm³/mol. The Morgan fingerprint density at radius 1 is 1.47 bits per heavy atom. The van der Waals surface area contributed by atoms with E-state index in [4.69, 9.17) is 4.74 Å². The van der Waals surface area contributed by atoms with Crippen LogP contribution in [0, 0.1) is 5.92 Å². The molecule has 1 N–H and O–H groups in total. The van der Waals surface area contributed by atoms with Gasteiger partial charge < -0.3 is 9.64 Å². The summed E-state index contributed by atoms with van der Waals surface area (Å²) < 4.78 is 5.47. The van der Waals surface area contributed by atoms with Crippen LogP contribution in [-0.4, -0.2) is 42.3 Å². The van der Waals surface area contributed by atoms with Crippen molar-refractivity contribution in [2.45, 2.75) is 58.3 Å². The van der Waals surface area contributed by atoms with Crippen molar-refractivity contribution in [3.63, 3.8) is 0 Å². The van der Waals surface area contributed by atoms with E-state index in [0.29, 0.717) is 12.0 Å². The van der Waals surface area contributed by atoms with Crippen LogP contribution in [0.4, 0.5) is 0 Å². The molecule has 17 heavy (non-hydrogen) atoms. The molecule has 2 fully saturated rings. The Morgan fingerprint density at radius 3 is 2.88 bits per heavy atom. The quantitative estimate of drug-likeness (QED) is 0.810. The number of nitrogens with one attached hydrogen (secondary N) is 1. The Morgan fingerprint density at radius 2 is 2.24 bits per heavy atom. The normalized spacial score (nSPS) is 38.8. The summed E-state index contributed by atoms with van der Waals surface area (Å²) in [6.45, 7) is 7.88. The summed E-state index contributed by atoms with van der Waals surface area (Å²) in [5.41, 5.74) is 0. The molecule has 0 aromatic heterocycles. The average molecular weight is 240 g/mol. The number of hydrogen-bond donors (Lipinski definition) is 1. The van der Waals surface area contributed by atoms with E-state index in [9.17, 15) is 4.79 Å². The monoisotopic (exact) mass is 240 g/mol. The second-order valence-electron chi connectivity index (χ2n) is 5.35. The van der Waals surface area contributed by atoms with Crippen LogP contribution in [0.3, 0.4) is 0 Å². The van der Waals surface area contributed by atoms with Gasteiger partial charge in [-0.2, -0.15) is 0 Å². The van der Waals surface area contributed by atoms with Crippen molar-refractivity contribution in [1.82, 2.24) is 10.2 Å². The smallest absolute Gasteiger partial charge is 0.240 e. The lowest BCUT2D eigenvalue weighted by Gasteiger charge is -2.39. The van der Waals surface area contributed by atoms with Gasteiger partial charge in [0, 0.05) is 18.6 Å². The van der Waals surface area contributed by atoms with Crippen LogP contribution in [0.15, 0.2) is 0 Å². The molecular weight excluding hydrogens is 216 g/mol. The highest BCUT2D eigenvalue weighted by Crippen LogP contribution is 2.27. The molecule has 0 spiro atoms. The van der Waals surface area contributed by atoms with Gasteiger partial charge >= 0.3 is 0 Å². The van der Waals surface area contributed by atoms with E-state index in [1.54, 1.807) is 0 Å². The predicted octanol–water partition coefficient (Wildman–Crippen LogP) is 1.36. The van der Waals surface area contributed by atoms with Crippen molar-refractivity contribution < 1.29 is 9.53 Å². The molecule has 2 rings (SSSR count). The highest BCUT2D eigenvalue weighted by molar-refractivity contribution is 5.84. The second-order valence-corrected chi connectivity index (χ2v) is 5.35. The molecule has 2 aliphatic rings. The molecule has 4 heteroatoms. The summed E-state index contributed by atoms with van der Waals surface area (Å²) in [7, 11) is 0. The van der Waals surface area contributed by atoms with Crippen molar-refractivity contribution in [2.75, 3.05) is 13.2 Å². The summed E-state index contributed by atoms with van der Waals surface area (Å²) in [5, 5.41) is 3.41. The first-order valence-electron chi connectivity index (χ1n) is 6.81. The van der Waals surface area contributed by atoms with Crippen LogP contribution in [-0.2, 0) is 9.53 Å². The molecule has 98 valence electrons. The van der Waals surface area contributed by atoms with Gasteiger partial charge in [0.25, 0.3) is 0 Å². The van der Waals surface area contributed by atoms with Gasteiger partial charge in [0.05, 0.1) is 18.8 Å². The molecule has 0 radical (unpaired) electrons. The van der Waals surface area contributed by atoms with Crippen LogP contribution in [0.1, 0.15) is 40.0 Å². The Balaban J connectivity index is 2.11. The fourth-order valence-electron chi connectivity index (χ4n) is 2.99. The SMILES string of the molecule is CCCC1NC(C)C(=O)N1C1CCOCC1C. The zero-order chi connectivity index (χ0) is 12.4. The van der Waals surface area contributed by atoms with Crippen molar-refractivity contribution in [3.8, 4) is 0 Å². The molecule has 2 saturated heterocycles. The number of rotatable bonds is 3. The van der Waals surface area contributed by atoms with Gasteiger partial charge in [-0.05, 0) is 19.8 Å². The Kier molecular flexibility index (Phi) is 4.05. The van der Waals surface area contributed by atoms with E-state index in [2.05, 4.69) is 24.1 Å². The first-order valence-corrected chi connectivity index (χ1v) is 6.81. The maximum atomic E-state index is 12.3. The van der Waals surface area contributed by atoms with Gasteiger partial charge in [-0.3, -0.25) is 10.1 Å². The fourth-order valence-corrected chi connectivity index (χ4v) is 2.99. The van der Waals surface area contributed by atoms with E-state index in [1.807, 2.05) is 6.92 Å².